The fourth-order valence-corrected chi connectivity index (χ4v) is 7.47. The molecular formula is C45H56O13Si. The average Bonchev–Trinajstić information content (AvgIpc) is 3.19. The van der Waals surface area contributed by atoms with Crippen molar-refractivity contribution < 1.29 is 61.8 Å². The van der Waals surface area contributed by atoms with Crippen LogP contribution in [0.25, 0.3) is 0 Å². The maximum atomic E-state index is 12.8. The van der Waals surface area contributed by atoms with Crippen molar-refractivity contribution >= 4 is 26.0 Å². The van der Waals surface area contributed by atoms with Crippen LogP contribution < -0.4 is 0 Å². The summed E-state index contributed by atoms with van der Waals surface area (Å²) < 4.78 is 63.8. The maximum Gasteiger partial charge on any atom is 0.303 e. The van der Waals surface area contributed by atoms with Crippen molar-refractivity contribution in [3.05, 3.63) is 108 Å². The predicted octanol–water partition coefficient (Wildman–Crippen LogP) is 5.92. The van der Waals surface area contributed by atoms with Gasteiger partial charge in [-0.3, -0.25) is 14.4 Å². The van der Waals surface area contributed by atoms with Gasteiger partial charge in [0.1, 0.15) is 26.4 Å². The van der Waals surface area contributed by atoms with E-state index in [0.29, 0.717) is 0 Å². The van der Waals surface area contributed by atoms with E-state index in [2.05, 4.69) is 31.1 Å². The first-order chi connectivity index (χ1) is 28.2. The molecule has 13 nitrogen and oxygen atoms in total. The molecule has 2 heterocycles. The molecule has 3 aromatic carbocycles. The Bertz CT molecular complexity index is 1860. The van der Waals surface area contributed by atoms with Gasteiger partial charge in [0.2, 0.25) is 6.29 Å². The minimum Gasteiger partial charge on any atom is -0.456 e. The molecule has 0 aromatic heterocycles. The quantitative estimate of drug-likeness (QED) is 0.0730. The Morgan fingerprint density at radius 2 is 1.14 bits per heavy atom. The Labute approximate surface area is 347 Å². The zero-order valence-corrected chi connectivity index (χ0v) is 36.0. The molecule has 0 saturated carbocycles. The highest BCUT2D eigenvalue weighted by molar-refractivity contribution is 6.83. The Balaban J connectivity index is 1.70. The van der Waals surface area contributed by atoms with Crippen LogP contribution >= 0.6 is 0 Å². The normalized spacial score (nSPS) is 28.1. The van der Waals surface area contributed by atoms with Crippen molar-refractivity contribution in [3.63, 3.8) is 0 Å². The molecule has 14 heteroatoms. The number of methoxy groups -OCH3 is 1. The molecule has 2 aliphatic heterocycles. The summed E-state index contributed by atoms with van der Waals surface area (Å²) >= 11 is 0. The molecule has 0 aliphatic carbocycles. The summed E-state index contributed by atoms with van der Waals surface area (Å²) in [7, 11) is -0.725. The average molecular weight is 833 g/mol. The van der Waals surface area contributed by atoms with Crippen molar-refractivity contribution in [2.24, 2.45) is 0 Å². The van der Waals surface area contributed by atoms with Gasteiger partial charge < -0.3 is 47.4 Å². The summed E-state index contributed by atoms with van der Waals surface area (Å²) in [6, 6.07) is 28.9. The van der Waals surface area contributed by atoms with Crippen LogP contribution in [0.2, 0.25) is 19.6 Å². The van der Waals surface area contributed by atoms with Crippen LogP contribution in [0, 0.1) is 11.5 Å². The molecule has 6 unspecified atom stereocenters. The van der Waals surface area contributed by atoms with Gasteiger partial charge >= 0.3 is 17.9 Å². The third-order valence-corrected chi connectivity index (χ3v) is 10.4. The molecule has 0 bridgehead atoms. The van der Waals surface area contributed by atoms with Crippen LogP contribution in [0.4, 0.5) is 0 Å². The molecule has 0 spiro atoms. The number of ether oxygens (including phenoxy) is 10. The van der Waals surface area contributed by atoms with Crippen LogP contribution in [-0.2, 0) is 81.6 Å². The number of carbonyl (C=O) groups is 3. The van der Waals surface area contributed by atoms with E-state index >= 15 is 0 Å². The van der Waals surface area contributed by atoms with Crippen LogP contribution in [0.5, 0.6) is 0 Å². The fourth-order valence-electron chi connectivity index (χ4n) is 6.90. The molecule has 59 heavy (non-hydrogen) atoms. The zero-order chi connectivity index (χ0) is 42.6. The number of hydrogen-bond acceptors (Lipinski definition) is 13. The Hall–Kier alpha value is -4.43. The third-order valence-electron chi connectivity index (χ3n) is 9.51. The maximum absolute atomic E-state index is 12.8. The molecule has 2 saturated heterocycles. The molecular weight excluding hydrogens is 777 g/mol. The van der Waals surface area contributed by atoms with Crippen LogP contribution in [-0.4, -0.2) is 101 Å². The van der Waals surface area contributed by atoms with Crippen molar-refractivity contribution in [1.82, 2.24) is 0 Å². The molecule has 0 N–H and O–H groups in total. The van der Waals surface area contributed by atoms with Crippen LogP contribution in [0.3, 0.4) is 0 Å². The van der Waals surface area contributed by atoms with E-state index in [4.69, 9.17) is 47.4 Å². The monoisotopic (exact) mass is 832 g/mol. The van der Waals surface area contributed by atoms with Crippen molar-refractivity contribution in [2.45, 2.75) is 128 Å². The number of hydrogen-bond donors (Lipinski definition) is 0. The van der Waals surface area contributed by atoms with E-state index in [1.807, 2.05) is 91.0 Å². The van der Waals surface area contributed by atoms with Gasteiger partial charge in [0.15, 0.2) is 30.2 Å². The summed E-state index contributed by atoms with van der Waals surface area (Å²) in [5.74, 6) is 1.38. The number of esters is 3. The Morgan fingerprint density at radius 3 is 1.64 bits per heavy atom. The van der Waals surface area contributed by atoms with Gasteiger partial charge in [-0.25, -0.2) is 0 Å². The summed E-state index contributed by atoms with van der Waals surface area (Å²) in [5, 5.41) is 0. The van der Waals surface area contributed by atoms with Gasteiger partial charge in [-0.15, -0.1) is 5.54 Å². The van der Waals surface area contributed by atoms with E-state index in [1.54, 1.807) is 6.92 Å². The highest BCUT2D eigenvalue weighted by Crippen LogP contribution is 2.42. The number of benzene rings is 3. The lowest BCUT2D eigenvalue weighted by molar-refractivity contribution is -0.383. The van der Waals surface area contributed by atoms with Crippen LogP contribution in [0.1, 0.15) is 44.4 Å². The molecule has 5 rings (SSSR count). The molecule has 0 amide bonds. The number of rotatable bonds is 16. The smallest absolute Gasteiger partial charge is 0.303 e. The van der Waals surface area contributed by atoms with E-state index in [0.717, 1.165) is 16.7 Å². The molecule has 10 atom stereocenters. The largest absolute Gasteiger partial charge is 0.456 e. The Morgan fingerprint density at radius 1 is 0.644 bits per heavy atom. The molecule has 2 aliphatic rings. The summed E-state index contributed by atoms with van der Waals surface area (Å²) in [6.45, 7) is 11.9. The van der Waals surface area contributed by atoms with E-state index < -0.39 is 86.9 Å². The van der Waals surface area contributed by atoms with E-state index in [9.17, 15) is 14.4 Å². The molecule has 318 valence electrons. The van der Waals surface area contributed by atoms with Gasteiger partial charge in [0.25, 0.3) is 0 Å². The van der Waals surface area contributed by atoms with Gasteiger partial charge in [-0.2, -0.15) is 0 Å². The summed E-state index contributed by atoms with van der Waals surface area (Å²) in [6.07, 6.45) is -10.5. The minimum absolute atomic E-state index is 0.0737. The number of carbonyl (C=O) groups excluding carboxylic acids is 3. The lowest BCUT2D eigenvalue weighted by Crippen LogP contribution is -2.72. The molecule has 2 fully saturated rings. The first kappa shape index (κ1) is 45.6. The first-order valence-corrected chi connectivity index (χ1v) is 23.2. The van der Waals surface area contributed by atoms with E-state index in [1.165, 1.54) is 27.9 Å². The Kier molecular flexibility index (Phi) is 16.4. The van der Waals surface area contributed by atoms with E-state index in [-0.39, 0.29) is 26.4 Å². The lowest BCUT2D eigenvalue weighted by atomic mass is 9.83. The standard InChI is InChI=1S/C45H56O13Si/c1-30-38(54-31(2)46)39(55-32(3)47)40(56-33(4)48)44(53-30)58-45(24-25-59(6,7)8)37(29-50-26-34-18-12-9-13-19-34)57-43(49-5)41(51-27-35-20-14-10-15-21-35)42(45)52-28-36-22-16-11-17-23-36/h9-23,30,37-44H,26-29H2,1-8H3/t30?,37?,38-,39?,40?,41?,42?,43-,44-,45-/m0/s1. The zero-order valence-electron chi connectivity index (χ0n) is 35.0. The first-order valence-electron chi connectivity index (χ1n) is 19.7. The van der Waals surface area contributed by atoms with Crippen molar-refractivity contribution in [2.75, 3.05) is 13.7 Å². The van der Waals surface area contributed by atoms with Gasteiger partial charge in [-0.1, -0.05) is 117 Å². The fraction of sp³-hybridized carbons (Fsp3) is 0.489. The van der Waals surface area contributed by atoms with Gasteiger partial charge in [0, 0.05) is 27.9 Å². The van der Waals surface area contributed by atoms with Gasteiger partial charge in [0.05, 0.1) is 32.5 Å². The summed E-state index contributed by atoms with van der Waals surface area (Å²) in [4.78, 5) is 37.8. The second-order valence-corrected chi connectivity index (χ2v) is 20.3. The van der Waals surface area contributed by atoms with Gasteiger partial charge in [-0.05, 0) is 23.6 Å². The topological polar surface area (TPSA) is 144 Å². The SMILES string of the molecule is CO[C@H]1OC(COCc2ccccc2)[C@](C#C[Si](C)(C)C)(O[C@@H]2OC(C)[C@H](OC(C)=O)C(OC(C)=O)C2OC(C)=O)C(OCc2ccccc2)C1OCc1ccccc1. The highest BCUT2D eigenvalue weighted by Gasteiger charge is 2.62. The second kappa shape index (κ2) is 21.2. The predicted molar refractivity (Wildman–Crippen MR) is 218 cm³/mol. The van der Waals surface area contributed by atoms with Crippen molar-refractivity contribution in [3.8, 4) is 11.5 Å². The summed E-state index contributed by atoms with van der Waals surface area (Å²) in [5.41, 5.74) is 4.36. The molecule has 3 aromatic rings. The lowest BCUT2D eigenvalue weighted by Gasteiger charge is -2.53. The third kappa shape index (κ3) is 12.8. The second-order valence-electron chi connectivity index (χ2n) is 15.6. The highest BCUT2D eigenvalue weighted by atomic mass is 28.3. The molecule has 0 radical (unpaired) electrons. The minimum atomic E-state index is -2.24. The van der Waals surface area contributed by atoms with Crippen molar-refractivity contribution in [1.29, 1.82) is 0 Å². The van der Waals surface area contributed by atoms with Crippen LogP contribution in [0.15, 0.2) is 91.0 Å².